The first kappa shape index (κ1) is 10.6. The molecule has 2 aromatic heterocycles. The minimum atomic E-state index is 0.630. The first-order chi connectivity index (χ1) is 8.24. The molecular weight excluding hydrogens is 257 g/mol. The number of imidazole rings is 1. The summed E-state index contributed by atoms with van der Waals surface area (Å²) in [5.41, 5.74) is 2.43. The Morgan fingerprint density at radius 3 is 2.82 bits per heavy atom. The molecule has 17 heavy (non-hydrogen) atoms. The van der Waals surface area contributed by atoms with Gasteiger partial charge in [0, 0.05) is 23.0 Å². The van der Waals surface area contributed by atoms with Crippen molar-refractivity contribution in [3.05, 3.63) is 53.0 Å². The van der Waals surface area contributed by atoms with Crippen molar-refractivity contribution in [2.24, 2.45) is 0 Å². The summed E-state index contributed by atoms with van der Waals surface area (Å²) in [6.07, 6.45) is 5.27. The highest BCUT2D eigenvalue weighted by Crippen LogP contribution is 2.29. The van der Waals surface area contributed by atoms with Gasteiger partial charge in [-0.15, -0.1) is 0 Å². The van der Waals surface area contributed by atoms with Gasteiger partial charge in [-0.1, -0.05) is 23.2 Å². The second kappa shape index (κ2) is 4.02. The predicted molar refractivity (Wildman–Crippen MR) is 68.4 cm³/mol. The number of hydrogen-bond acceptors (Lipinski definition) is 2. The average Bonchev–Trinajstić information content (AvgIpc) is 2.75. The van der Waals surface area contributed by atoms with E-state index in [-0.39, 0.29) is 0 Å². The summed E-state index contributed by atoms with van der Waals surface area (Å²) >= 11 is 12.1. The van der Waals surface area contributed by atoms with Gasteiger partial charge in [0.1, 0.15) is 12.0 Å². The minimum absolute atomic E-state index is 0.630. The Hall–Kier alpha value is -1.58. The van der Waals surface area contributed by atoms with Gasteiger partial charge in [-0.05, 0) is 24.3 Å². The van der Waals surface area contributed by atoms with Gasteiger partial charge >= 0.3 is 0 Å². The predicted octanol–water partition coefficient (Wildman–Crippen LogP) is 3.70. The molecule has 0 saturated heterocycles. The van der Waals surface area contributed by atoms with Crippen molar-refractivity contribution in [2.45, 2.75) is 0 Å². The number of nitrogens with zero attached hydrogens (tertiary/aromatic N) is 3. The van der Waals surface area contributed by atoms with Gasteiger partial charge in [0.2, 0.25) is 0 Å². The van der Waals surface area contributed by atoms with Gasteiger partial charge in [-0.2, -0.15) is 0 Å². The lowest BCUT2D eigenvalue weighted by molar-refractivity contribution is 1.09. The SMILES string of the molecule is Clc1ccc(Cl)c(-c2cn3cnccc3n2)c1. The Morgan fingerprint density at radius 1 is 1.12 bits per heavy atom. The lowest BCUT2D eigenvalue weighted by atomic mass is 10.2. The highest BCUT2D eigenvalue weighted by Gasteiger charge is 2.08. The molecule has 0 spiro atoms. The first-order valence-corrected chi connectivity index (χ1v) is 5.74. The van der Waals surface area contributed by atoms with Gasteiger partial charge < -0.3 is 0 Å². The summed E-state index contributed by atoms with van der Waals surface area (Å²) < 4.78 is 1.84. The molecule has 0 bridgehead atoms. The summed E-state index contributed by atoms with van der Waals surface area (Å²) in [7, 11) is 0. The summed E-state index contributed by atoms with van der Waals surface area (Å²) in [5.74, 6) is 0. The summed E-state index contributed by atoms with van der Waals surface area (Å²) in [6.45, 7) is 0. The Bertz CT molecular complexity index is 658. The van der Waals surface area contributed by atoms with E-state index in [2.05, 4.69) is 9.97 Å². The van der Waals surface area contributed by atoms with Gasteiger partial charge in [0.25, 0.3) is 0 Å². The second-order valence-electron chi connectivity index (χ2n) is 3.60. The zero-order chi connectivity index (χ0) is 11.8. The third-order valence-corrected chi connectivity index (χ3v) is 3.03. The lowest BCUT2D eigenvalue weighted by Crippen LogP contribution is -1.81. The molecule has 0 fully saturated rings. The Labute approximate surface area is 108 Å². The Balaban J connectivity index is 2.23. The van der Waals surface area contributed by atoms with Crippen LogP contribution >= 0.6 is 23.2 Å². The molecule has 0 aliphatic heterocycles. The molecule has 0 unspecified atom stereocenters. The molecule has 2 heterocycles. The van der Waals surface area contributed by atoms with Gasteiger partial charge in [-0.25, -0.2) is 9.97 Å². The molecule has 3 rings (SSSR count). The van der Waals surface area contributed by atoms with Crippen LogP contribution in [0.15, 0.2) is 43.0 Å². The molecule has 0 aliphatic carbocycles. The normalized spacial score (nSPS) is 10.9. The van der Waals surface area contributed by atoms with Crippen LogP contribution in [0.1, 0.15) is 0 Å². The summed E-state index contributed by atoms with van der Waals surface area (Å²) in [6, 6.07) is 7.16. The van der Waals surface area contributed by atoms with Crippen molar-refractivity contribution >= 4 is 28.8 Å². The second-order valence-corrected chi connectivity index (χ2v) is 4.44. The average molecular weight is 264 g/mol. The van der Waals surface area contributed by atoms with E-state index in [4.69, 9.17) is 23.2 Å². The van der Waals surface area contributed by atoms with Gasteiger partial charge in [0.15, 0.2) is 0 Å². The number of fused-ring (bicyclic) bond motifs is 1. The van der Waals surface area contributed by atoms with Crippen molar-refractivity contribution in [2.75, 3.05) is 0 Å². The van der Waals surface area contributed by atoms with E-state index < -0.39 is 0 Å². The highest BCUT2D eigenvalue weighted by molar-refractivity contribution is 6.35. The highest BCUT2D eigenvalue weighted by atomic mass is 35.5. The van der Waals surface area contributed by atoms with Gasteiger partial charge in [-0.3, -0.25) is 4.40 Å². The van der Waals surface area contributed by atoms with E-state index in [0.29, 0.717) is 10.0 Å². The van der Waals surface area contributed by atoms with Crippen LogP contribution in [0.3, 0.4) is 0 Å². The standard InChI is InChI=1S/C12H7Cl2N3/c13-8-1-2-10(14)9(5-8)11-6-17-7-15-4-3-12(17)16-11/h1-7H. The first-order valence-electron chi connectivity index (χ1n) is 4.98. The van der Waals surface area contributed by atoms with Crippen molar-refractivity contribution in [3.63, 3.8) is 0 Å². The molecule has 0 amide bonds. The molecule has 1 aromatic carbocycles. The topological polar surface area (TPSA) is 30.2 Å². The van der Waals surface area contributed by atoms with E-state index in [9.17, 15) is 0 Å². The third kappa shape index (κ3) is 1.88. The molecule has 0 atom stereocenters. The quantitative estimate of drug-likeness (QED) is 0.670. The fourth-order valence-corrected chi connectivity index (χ4v) is 2.05. The molecule has 0 saturated carbocycles. The number of rotatable bonds is 1. The van der Waals surface area contributed by atoms with Crippen LogP contribution in [0.25, 0.3) is 16.9 Å². The van der Waals surface area contributed by atoms with Crippen LogP contribution in [0.5, 0.6) is 0 Å². The minimum Gasteiger partial charge on any atom is -0.290 e. The Morgan fingerprint density at radius 2 is 2.00 bits per heavy atom. The third-order valence-electron chi connectivity index (χ3n) is 2.47. The van der Waals surface area contributed by atoms with Gasteiger partial charge in [0.05, 0.1) is 10.7 Å². The molecule has 84 valence electrons. The van der Waals surface area contributed by atoms with Crippen LogP contribution < -0.4 is 0 Å². The molecule has 0 N–H and O–H groups in total. The molecule has 0 radical (unpaired) electrons. The maximum absolute atomic E-state index is 6.13. The zero-order valence-corrected chi connectivity index (χ0v) is 10.2. The number of hydrogen-bond donors (Lipinski definition) is 0. The lowest BCUT2D eigenvalue weighted by Gasteiger charge is -2.00. The number of benzene rings is 1. The van der Waals surface area contributed by atoms with E-state index >= 15 is 0 Å². The fourth-order valence-electron chi connectivity index (χ4n) is 1.67. The largest absolute Gasteiger partial charge is 0.290 e. The van der Waals surface area contributed by atoms with E-state index in [1.165, 1.54) is 0 Å². The van der Waals surface area contributed by atoms with Crippen molar-refractivity contribution in [1.29, 1.82) is 0 Å². The zero-order valence-electron chi connectivity index (χ0n) is 8.64. The van der Waals surface area contributed by atoms with Crippen LogP contribution in [0.2, 0.25) is 10.0 Å². The van der Waals surface area contributed by atoms with E-state index in [1.54, 1.807) is 30.7 Å². The van der Waals surface area contributed by atoms with Crippen LogP contribution in [0.4, 0.5) is 0 Å². The number of halogens is 2. The molecular formula is C12H7Cl2N3. The molecule has 0 aliphatic rings. The van der Waals surface area contributed by atoms with Crippen LogP contribution in [-0.2, 0) is 0 Å². The monoisotopic (exact) mass is 263 g/mol. The smallest absolute Gasteiger partial charge is 0.140 e. The Kier molecular flexibility index (Phi) is 2.50. The maximum atomic E-state index is 6.13. The van der Waals surface area contributed by atoms with E-state index in [1.807, 2.05) is 16.7 Å². The van der Waals surface area contributed by atoms with Crippen LogP contribution in [0, 0.1) is 0 Å². The fraction of sp³-hybridized carbons (Fsp3) is 0. The van der Waals surface area contributed by atoms with Crippen molar-refractivity contribution < 1.29 is 0 Å². The summed E-state index contributed by atoms with van der Waals surface area (Å²) in [5, 5.41) is 1.27. The van der Waals surface area contributed by atoms with Crippen molar-refractivity contribution in [1.82, 2.24) is 14.4 Å². The van der Waals surface area contributed by atoms with Crippen LogP contribution in [-0.4, -0.2) is 14.4 Å². The van der Waals surface area contributed by atoms with E-state index in [0.717, 1.165) is 16.9 Å². The molecule has 3 aromatic rings. The maximum Gasteiger partial charge on any atom is 0.140 e. The number of aromatic nitrogens is 3. The summed E-state index contributed by atoms with van der Waals surface area (Å²) in [4.78, 5) is 8.49. The van der Waals surface area contributed by atoms with Crippen molar-refractivity contribution in [3.8, 4) is 11.3 Å². The molecule has 5 heteroatoms. The molecule has 3 nitrogen and oxygen atoms in total.